The molecule has 0 spiro atoms. The van der Waals surface area contributed by atoms with Gasteiger partial charge in [0.1, 0.15) is 0 Å². The van der Waals surface area contributed by atoms with E-state index >= 15 is 0 Å². The quantitative estimate of drug-likeness (QED) is 0.892. The maximum atomic E-state index is 11.3. The molecule has 24 heavy (non-hydrogen) atoms. The van der Waals surface area contributed by atoms with Gasteiger partial charge in [-0.2, -0.15) is 0 Å². The second kappa shape index (κ2) is 5.20. The predicted molar refractivity (Wildman–Crippen MR) is 90.9 cm³/mol. The molecule has 2 N–H and O–H groups in total. The first-order chi connectivity index (χ1) is 11.1. The third-order valence-electron chi connectivity index (χ3n) is 5.15. The molecule has 0 bridgehead atoms. The number of rotatable bonds is 3. The van der Waals surface area contributed by atoms with Crippen LogP contribution in [0.25, 0.3) is 0 Å². The Morgan fingerprint density at radius 3 is 1.92 bits per heavy atom. The third-order valence-corrected chi connectivity index (χ3v) is 5.15. The van der Waals surface area contributed by atoms with Crippen molar-refractivity contribution in [2.45, 2.75) is 38.0 Å². The summed E-state index contributed by atoms with van der Waals surface area (Å²) in [5.41, 5.74) is 3.34. The number of hydrogen-bond donors (Lipinski definition) is 2. The Balaban J connectivity index is 2.13. The summed E-state index contributed by atoms with van der Waals surface area (Å²) in [5.74, 6) is -1.86. The number of fused-ring (bicyclic) bond motifs is 1. The van der Waals surface area contributed by atoms with Crippen LogP contribution in [0.1, 0.15) is 64.6 Å². The minimum atomic E-state index is -0.940. The lowest BCUT2D eigenvalue weighted by molar-refractivity contribution is 0.0686. The highest BCUT2D eigenvalue weighted by atomic mass is 16.4. The molecule has 0 amide bonds. The van der Waals surface area contributed by atoms with Gasteiger partial charge in [0.2, 0.25) is 0 Å². The van der Waals surface area contributed by atoms with Gasteiger partial charge in [0.05, 0.1) is 11.1 Å². The molecule has 0 saturated heterocycles. The monoisotopic (exact) mass is 324 g/mol. The van der Waals surface area contributed by atoms with Crippen LogP contribution in [0, 0.1) is 0 Å². The molecular weight excluding hydrogens is 304 g/mol. The van der Waals surface area contributed by atoms with Crippen molar-refractivity contribution in [3.63, 3.8) is 0 Å². The molecule has 0 radical (unpaired) electrons. The van der Waals surface area contributed by atoms with Crippen LogP contribution in [-0.2, 0) is 10.8 Å². The van der Waals surface area contributed by atoms with Crippen LogP contribution in [0.4, 0.5) is 0 Å². The SMILES string of the molecule is CC1(C)C[C@@](C)(c2ccc(C(=O)O)cc2)c2ccc(C(=O)O)cc21. The van der Waals surface area contributed by atoms with Crippen LogP contribution in [-0.4, -0.2) is 22.2 Å². The van der Waals surface area contributed by atoms with Crippen LogP contribution in [0.15, 0.2) is 42.5 Å². The summed E-state index contributed by atoms with van der Waals surface area (Å²) < 4.78 is 0. The molecule has 0 fully saturated rings. The highest BCUT2D eigenvalue weighted by molar-refractivity contribution is 5.88. The minimum Gasteiger partial charge on any atom is -0.478 e. The molecule has 0 heterocycles. The Kier molecular flexibility index (Phi) is 3.52. The van der Waals surface area contributed by atoms with Crippen molar-refractivity contribution in [3.05, 3.63) is 70.3 Å². The number of carbonyl (C=O) groups is 2. The van der Waals surface area contributed by atoms with Crippen molar-refractivity contribution >= 4 is 11.9 Å². The zero-order valence-electron chi connectivity index (χ0n) is 14.0. The Morgan fingerprint density at radius 1 is 0.833 bits per heavy atom. The van der Waals surface area contributed by atoms with Gasteiger partial charge in [-0.1, -0.05) is 39.0 Å². The van der Waals surface area contributed by atoms with E-state index in [1.807, 2.05) is 18.2 Å². The van der Waals surface area contributed by atoms with E-state index in [1.54, 1.807) is 24.3 Å². The summed E-state index contributed by atoms with van der Waals surface area (Å²) in [6.07, 6.45) is 0.838. The van der Waals surface area contributed by atoms with Gasteiger partial charge in [-0.3, -0.25) is 0 Å². The van der Waals surface area contributed by atoms with Crippen molar-refractivity contribution in [2.75, 3.05) is 0 Å². The molecule has 0 saturated carbocycles. The molecule has 0 aliphatic heterocycles. The largest absolute Gasteiger partial charge is 0.478 e. The number of benzene rings is 2. The van der Waals surface area contributed by atoms with Crippen LogP contribution in [0.2, 0.25) is 0 Å². The number of carboxylic acid groups (broad SMARTS) is 2. The first kappa shape index (κ1) is 16.2. The summed E-state index contributed by atoms with van der Waals surface area (Å²) in [5, 5.41) is 18.3. The van der Waals surface area contributed by atoms with E-state index < -0.39 is 11.9 Å². The van der Waals surface area contributed by atoms with E-state index in [0.29, 0.717) is 5.56 Å². The summed E-state index contributed by atoms with van der Waals surface area (Å²) in [7, 11) is 0. The molecule has 3 rings (SSSR count). The molecular formula is C20H20O4. The predicted octanol–water partition coefficient (Wildman–Crippen LogP) is 4.07. The fourth-order valence-electron chi connectivity index (χ4n) is 4.03. The second-order valence-electron chi connectivity index (χ2n) is 7.34. The van der Waals surface area contributed by atoms with Crippen molar-refractivity contribution in [1.82, 2.24) is 0 Å². The molecule has 1 aliphatic carbocycles. The summed E-state index contributed by atoms with van der Waals surface area (Å²) in [6.45, 7) is 6.37. The van der Waals surface area contributed by atoms with Gasteiger partial charge in [-0.05, 0) is 52.8 Å². The lowest BCUT2D eigenvalue weighted by Crippen LogP contribution is -2.23. The topological polar surface area (TPSA) is 74.6 Å². The van der Waals surface area contributed by atoms with Crippen LogP contribution in [0.5, 0.6) is 0 Å². The first-order valence-corrected chi connectivity index (χ1v) is 7.87. The summed E-state index contributed by atoms with van der Waals surface area (Å²) in [6, 6.07) is 12.3. The van der Waals surface area contributed by atoms with Gasteiger partial charge >= 0.3 is 11.9 Å². The maximum Gasteiger partial charge on any atom is 0.335 e. The highest BCUT2D eigenvalue weighted by Crippen LogP contribution is 2.52. The van der Waals surface area contributed by atoms with Gasteiger partial charge in [-0.25, -0.2) is 9.59 Å². The Labute approximate surface area is 140 Å². The van der Waals surface area contributed by atoms with E-state index in [4.69, 9.17) is 5.11 Å². The zero-order chi connectivity index (χ0) is 17.7. The Hall–Kier alpha value is -2.62. The van der Waals surface area contributed by atoms with Crippen molar-refractivity contribution in [3.8, 4) is 0 Å². The highest BCUT2D eigenvalue weighted by Gasteiger charge is 2.45. The van der Waals surface area contributed by atoms with E-state index in [0.717, 1.165) is 23.1 Å². The van der Waals surface area contributed by atoms with Gasteiger partial charge in [0.25, 0.3) is 0 Å². The van der Waals surface area contributed by atoms with E-state index in [9.17, 15) is 14.7 Å². The fourth-order valence-corrected chi connectivity index (χ4v) is 4.03. The van der Waals surface area contributed by atoms with Crippen LogP contribution >= 0.6 is 0 Å². The smallest absolute Gasteiger partial charge is 0.335 e. The standard InChI is InChI=1S/C20H20O4/c1-19(2)11-20(3,14-7-4-12(5-8-14)17(21)22)15-9-6-13(18(23)24)10-16(15)19/h4-10H,11H2,1-3H3,(H,21,22)(H,23,24)/t20-/m0/s1. The van der Waals surface area contributed by atoms with Crippen LogP contribution < -0.4 is 0 Å². The molecule has 1 aliphatic rings. The Bertz CT molecular complexity index is 833. The summed E-state index contributed by atoms with van der Waals surface area (Å²) >= 11 is 0. The first-order valence-electron chi connectivity index (χ1n) is 7.87. The molecule has 0 aromatic heterocycles. The average molecular weight is 324 g/mol. The molecule has 2 aromatic rings. The van der Waals surface area contributed by atoms with Crippen molar-refractivity contribution in [1.29, 1.82) is 0 Å². The molecule has 2 aromatic carbocycles. The average Bonchev–Trinajstić information content (AvgIpc) is 2.74. The molecule has 4 nitrogen and oxygen atoms in total. The number of carboxylic acids is 2. The number of hydrogen-bond acceptors (Lipinski definition) is 2. The Morgan fingerprint density at radius 2 is 1.38 bits per heavy atom. The molecule has 4 heteroatoms. The fraction of sp³-hybridized carbons (Fsp3) is 0.300. The normalized spacial score (nSPS) is 21.3. The molecule has 0 unspecified atom stereocenters. The number of aromatic carboxylic acids is 2. The van der Waals surface area contributed by atoms with E-state index in [1.165, 1.54) is 0 Å². The summed E-state index contributed by atoms with van der Waals surface area (Å²) in [4.78, 5) is 22.3. The minimum absolute atomic E-state index is 0.152. The lowest BCUT2D eigenvalue weighted by Gasteiger charge is -2.28. The van der Waals surface area contributed by atoms with E-state index in [2.05, 4.69) is 20.8 Å². The van der Waals surface area contributed by atoms with Gasteiger partial charge in [0, 0.05) is 5.41 Å². The van der Waals surface area contributed by atoms with Crippen LogP contribution in [0.3, 0.4) is 0 Å². The lowest BCUT2D eigenvalue weighted by atomic mass is 9.75. The zero-order valence-corrected chi connectivity index (χ0v) is 14.0. The van der Waals surface area contributed by atoms with Crippen molar-refractivity contribution in [2.24, 2.45) is 0 Å². The van der Waals surface area contributed by atoms with E-state index in [-0.39, 0.29) is 16.4 Å². The molecule has 1 atom stereocenters. The maximum absolute atomic E-state index is 11.3. The van der Waals surface area contributed by atoms with Crippen molar-refractivity contribution < 1.29 is 19.8 Å². The van der Waals surface area contributed by atoms with Gasteiger partial charge in [-0.15, -0.1) is 0 Å². The second-order valence-corrected chi connectivity index (χ2v) is 7.34. The van der Waals surface area contributed by atoms with Gasteiger partial charge in [0.15, 0.2) is 0 Å². The van der Waals surface area contributed by atoms with Gasteiger partial charge < -0.3 is 10.2 Å². The third kappa shape index (κ3) is 2.39. The molecule has 124 valence electrons.